The van der Waals surface area contributed by atoms with Crippen LogP contribution in [0, 0.1) is 6.92 Å². The van der Waals surface area contributed by atoms with Gasteiger partial charge in [0.1, 0.15) is 0 Å². The van der Waals surface area contributed by atoms with Crippen molar-refractivity contribution in [1.82, 2.24) is 0 Å². The predicted octanol–water partition coefficient (Wildman–Crippen LogP) is 3.65. The number of aryl methyl sites for hydroxylation is 2. The van der Waals surface area contributed by atoms with E-state index >= 15 is 0 Å². The molecule has 2 rings (SSSR count). The lowest BCUT2D eigenvalue weighted by molar-refractivity contribution is -0.116. The number of anilines is 1. The van der Waals surface area contributed by atoms with Crippen molar-refractivity contribution < 1.29 is 14.7 Å². The summed E-state index contributed by atoms with van der Waals surface area (Å²) in [6, 6.07) is 14.7. The number of hydrogen-bond donors (Lipinski definition) is 2. The Hall–Kier alpha value is -2.62. The summed E-state index contributed by atoms with van der Waals surface area (Å²) in [6.45, 7) is 1.78. The van der Waals surface area contributed by atoms with E-state index in [1.54, 1.807) is 19.1 Å². The number of aromatic carboxylic acids is 1. The molecular weight excluding hydrogens is 278 g/mol. The van der Waals surface area contributed by atoms with Gasteiger partial charge in [0.25, 0.3) is 0 Å². The van der Waals surface area contributed by atoms with Crippen LogP contribution in [-0.4, -0.2) is 17.0 Å². The van der Waals surface area contributed by atoms with E-state index in [4.69, 9.17) is 5.11 Å². The molecule has 0 aromatic heterocycles. The maximum Gasteiger partial charge on any atom is 0.335 e. The van der Waals surface area contributed by atoms with Crippen molar-refractivity contribution in [2.24, 2.45) is 0 Å². The maximum atomic E-state index is 11.9. The zero-order chi connectivity index (χ0) is 15.9. The monoisotopic (exact) mass is 297 g/mol. The lowest BCUT2D eigenvalue weighted by atomic mass is 10.1. The summed E-state index contributed by atoms with van der Waals surface area (Å²) in [6.07, 6.45) is 2.09. The summed E-state index contributed by atoms with van der Waals surface area (Å²) in [5, 5.41) is 11.7. The minimum Gasteiger partial charge on any atom is -0.478 e. The zero-order valence-electron chi connectivity index (χ0n) is 12.5. The van der Waals surface area contributed by atoms with Crippen LogP contribution in [0.5, 0.6) is 0 Å². The Morgan fingerprint density at radius 2 is 1.82 bits per heavy atom. The van der Waals surface area contributed by atoms with Gasteiger partial charge in [-0.05, 0) is 49.1 Å². The van der Waals surface area contributed by atoms with E-state index < -0.39 is 5.97 Å². The van der Waals surface area contributed by atoms with Gasteiger partial charge in [0.2, 0.25) is 5.91 Å². The van der Waals surface area contributed by atoms with Crippen LogP contribution < -0.4 is 5.32 Å². The van der Waals surface area contributed by atoms with Crippen LogP contribution in [0.3, 0.4) is 0 Å². The van der Waals surface area contributed by atoms with Crippen LogP contribution in [0.25, 0.3) is 0 Å². The molecule has 0 aliphatic rings. The van der Waals surface area contributed by atoms with E-state index in [2.05, 4.69) is 5.32 Å². The number of carbonyl (C=O) groups is 2. The number of rotatable bonds is 6. The van der Waals surface area contributed by atoms with Crippen molar-refractivity contribution in [3.05, 3.63) is 65.2 Å². The molecule has 0 aliphatic heterocycles. The highest BCUT2D eigenvalue weighted by molar-refractivity contribution is 5.93. The molecule has 0 unspecified atom stereocenters. The number of carboxylic acid groups (broad SMARTS) is 1. The standard InChI is InChI=1S/C18H19NO3/c1-13-12-15(18(21)22)10-11-16(13)19-17(20)9-5-8-14-6-3-2-4-7-14/h2-4,6-7,10-12H,5,8-9H2,1H3,(H,19,20)(H,21,22). The lowest BCUT2D eigenvalue weighted by Crippen LogP contribution is -2.12. The Bertz CT molecular complexity index is 665. The molecule has 2 aromatic carbocycles. The molecule has 0 saturated carbocycles. The average molecular weight is 297 g/mol. The van der Waals surface area contributed by atoms with Crippen LogP contribution in [-0.2, 0) is 11.2 Å². The molecule has 1 amide bonds. The number of carboxylic acids is 1. The minimum absolute atomic E-state index is 0.0536. The lowest BCUT2D eigenvalue weighted by Gasteiger charge is -2.09. The van der Waals surface area contributed by atoms with Crippen molar-refractivity contribution in [3.63, 3.8) is 0 Å². The van der Waals surface area contributed by atoms with E-state index in [1.807, 2.05) is 30.3 Å². The van der Waals surface area contributed by atoms with Crippen molar-refractivity contribution in [2.75, 3.05) is 5.32 Å². The molecule has 2 N–H and O–H groups in total. The van der Waals surface area contributed by atoms with E-state index in [0.717, 1.165) is 18.4 Å². The van der Waals surface area contributed by atoms with E-state index in [0.29, 0.717) is 12.1 Å². The highest BCUT2D eigenvalue weighted by atomic mass is 16.4. The molecule has 0 radical (unpaired) electrons. The third-order valence-corrected chi connectivity index (χ3v) is 3.46. The highest BCUT2D eigenvalue weighted by Gasteiger charge is 2.08. The van der Waals surface area contributed by atoms with Crippen molar-refractivity contribution in [1.29, 1.82) is 0 Å². The number of nitrogens with one attached hydrogen (secondary N) is 1. The predicted molar refractivity (Wildman–Crippen MR) is 86.1 cm³/mol. The van der Waals surface area contributed by atoms with Gasteiger partial charge in [-0.2, -0.15) is 0 Å². The molecule has 0 bridgehead atoms. The van der Waals surface area contributed by atoms with E-state index in [1.165, 1.54) is 11.6 Å². The smallest absolute Gasteiger partial charge is 0.335 e. The first kappa shape index (κ1) is 15.8. The fraction of sp³-hybridized carbons (Fsp3) is 0.222. The minimum atomic E-state index is -0.969. The largest absolute Gasteiger partial charge is 0.478 e. The summed E-state index contributed by atoms with van der Waals surface area (Å²) in [5.74, 6) is -1.02. The molecule has 0 spiro atoms. The fourth-order valence-electron chi connectivity index (χ4n) is 2.25. The number of benzene rings is 2. The second-order valence-electron chi connectivity index (χ2n) is 5.22. The second kappa shape index (κ2) is 7.41. The Kier molecular flexibility index (Phi) is 5.31. The molecule has 0 atom stereocenters. The van der Waals surface area contributed by atoms with Gasteiger partial charge in [0.05, 0.1) is 5.56 Å². The zero-order valence-corrected chi connectivity index (χ0v) is 12.5. The van der Waals surface area contributed by atoms with E-state index in [9.17, 15) is 9.59 Å². The topological polar surface area (TPSA) is 66.4 Å². The number of carbonyl (C=O) groups excluding carboxylic acids is 1. The molecule has 0 fully saturated rings. The first-order chi connectivity index (χ1) is 10.6. The van der Waals surface area contributed by atoms with Gasteiger partial charge in [-0.25, -0.2) is 4.79 Å². The number of amides is 1. The van der Waals surface area contributed by atoms with Crippen molar-refractivity contribution in [3.8, 4) is 0 Å². The second-order valence-corrected chi connectivity index (χ2v) is 5.22. The van der Waals surface area contributed by atoms with Gasteiger partial charge in [0, 0.05) is 12.1 Å². The van der Waals surface area contributed by atoms with Crippen molar-refractivity contribution in [2.45, 2.75) is 26.2 Å². The average Bonchev–Trinajstić information content (AvgIpc) is 2.50. The van der Waals surface area contributed by atoms with Gasteiger partial charge in [0.15, 0.2) is 0 Å². The molecule has 114 valence electrons. The molecule has 0 saturated heterocycles. The Morgan fingerprint density at radius 3 is 2.45 bits per heavy atom. The van der Waals surface area contributed by atoms with Gasteiger partial charge in [-0.3, -0.25) is 4.79 Å². The van der Waals surface area contributed by atoms with Crippen LogP contribution >= 0.6 is 0 Å². The summed E-state index contributed by atoms with van der Waals surface area (Å²) in [7, 11) is 0. The van der Waals surface area contributed by atoms with Crippen LogP contribution in [0.4, 0.5) is 5.69 Å². The first-order valence-corrected chi connectivity index (χ1v) is 7.24. The Balaban J connectivity index is 1.85. The normalized spacial score (nSPS) is 10.2. The third kappa shape index (κ3) is 4.45. The maximum absolute atomic E-state index is 11.9. The Labute approximate surface area is 129 Å². The molecule has 22 heavy (non-hydrogen) atoms. The van der Waals surface area contributed by atoms with E-state index in [-0.39, 0.29) is 11.5 Å². The van der Waals surface area contributed by atoms with Gasteiger partial charge in [-0.15, -0.1) is 0 Å². The molecular formula is C18H19NO3. The molecule has 0 aliphatic carbocycles. The summed E-state index contributed by atoms with van der Waals surface area (Å²) in [5.41, 5.74) is 2.85. The molecule has 4 heteroatoms. The SMILES string of the molecule is Cc1cc(C(=O)O)ccc1NC(=O)CCCc1ccccc1. The Morgan fingerprint density at radius 1 is 1.09 bits per heavy atom. The van der Waals surface area contributed by atoms with Gasteiger partial charge >= 0.3 is 5.97 Å². The van der Waals surface area contributed by atoms with Gasteiger partial charge in [-0.1, -0.05) is 30.3 Å². The quantitative estimate of drug-likeness (QED) is 0.855. The van der Waals surface area contributed by atoms with Crippen LogP contribution in [0.15, 0.2) is 48.5 Å². The van der Waals surface area contributed by atoms with Crippen LogP contribution in [0.1, 0.15) is 34.3 Å². The summed E-state index contributed by atoms with van der Waals surface area (Å²) in [4.78, 5) is 22.8. The van der Waals surface area contributed by atoms with Crippen molar-refractivity contribution >= 4 is 17.6 Å². The molecule has 2 aromatic rings. The molecule has 4 nitrogen and oxygen atoms in total. The van der Waals surface area contributed by atoms with Gasteiger partial charge < -0.3 is 10.4 Å². The summed E-state index contributed by atoms with van der Waals surface area (Å²) >= 11 is 0. The number of hydrogen-bond acceptors (Lipinski definition) is 2. The first-order valence-electron chi connectivity index (χ1n) is 7.24. The van der Waals surface area contributed by atoms with Crippen LogP contribution in [0.2, 0.25) is 0 Å². The highest BCUT2D eigenvalue weighted by Crippen LogP contribution is 2.17. The summed E-state index contributed by atoms with van der Waals surface area (Å²) < 4.78 is 0. The third-order valence-electron chi connectivity index (χ3n) is 3.46. The fourth-order valence-corrected chi connectivity index (χ4v) is 2.25. The molecule has 0 heterocycles.